The van der Waals surface area contributed by atoms with Gasteiger partial charge in [0, 0.05) is 7.62 Å². The van der Waals surface area contributed by atoms with E-state index in [0.717, 1.165) is 12.5 Å². The van der Waals surface area contributed by atoms with E-state index in [1.165, 1.54) is 43.4 Å². The van der Waals surface area contributed by atoms with Crippen LogP contribution in [0, 0.1) is 12.3 Å². The van der Waals surface area contributed by atoms with Gasteiger partial charge in [0.1, 0.15) is 47.5 Å². The normalized spacial score (nSPS) is 22.9. The first kappa shape index (κ1) is 32.9. The molecule has 1 fully saturated rings. The molecule has 244 valence electrons. The molecule has 0 bridgehead atoms. The summed E-state index contributed by atoms with van der Waals surface area (Å²) in [6.07, 6.45) is 3.78. The van der Waals surface area contributed by atoms with Crippen LogP contribution in [0.5, 0.6) is 11.5 Å². The molecule has 0 saturated carbocycles. The molecule has 1 aliphatic rings. The summed E-state index contributed by atoms with van der Waals surface area (Å²) >= 11 is 0. The number of alkyl halides is 1. The average molecular weight is 656 g/mol. The minimum absolute atomic E-state index is 0. The molecule has 3 heterocycles. The third kappa shape index (κ3) is 6.69. The van der Waals surface area contributed by atoms with Crippen LogP contribution in [0.4, 0.5) is 10.2 Å². The molecule has 4 aromatic rings. The molecule has 1 saturated heterocycles. The first-order valence-corrected chi connectivity index (χ1v) is 15.6. The van der Waals surface area contributed by atoms with Gasteiger partial charge in [-0.15, -0.1) is 6.42 Å². The maximum absolute atomic E-state index is 16.2. The highest BCUT2D eigenvalue weighted by atomic mass is 31.2. The van der Waals surface area contributed by atoms with Crippen molar-refractivity contribution in [3.8, 4) is 23.8 Å². The zero-order valence-corrected chi connectivity index (χ0v) is 26.1. The number of esters is 1. The van der Waals surface area contributed by atoms with Crippen LogP contribution in [0.25, 0.3) is 11.0 Å². The van der Waals surface area contributed by atoms with Gasteiger partial charge in [-0.25, -0.2) is 18.9 Å². The largest absolute Gasteiger partial charge is 0.497 e. The number of rotatable bonds is 12. The van der Waals surface area contributed by atoms with Crippen LogP contribution in [0.3, 0.4) is 0 Å². The fraction of sp³-hybridized carbons (Fsp3) is 0.323. The van der Waals surface area contributed by atoms with Crippen molar-refractivity contribution in [3.05, 3.63) is 78.2 Å². The molecule has 0 amide bonds. The summed E-state index contributed by atoms with van der Waals surface area (Å²) in [5.41, 5.74) is 4.84. The molecule has 46 heavy (non-hydrogen) atoms. The van der Waals surface area contributed by atoms with Crippen LogP contribution in [-0.2, 0) is 29.8 Å². The van der Waals surface area contributed by atoms with E-state index in [4.69, 9.17) is 35.4 Å². The number of hydrogen-bond donors (Lipinski definition) is 3. The summed E-state index contributed by atoms with van der Waals surface area (Å²) in [4.78, 5) is 21.0. The lowest BCUT2D eigenvalue weighted by atomic mass is 9.98. The topological polar surface area (TPSA) is 169 Å². The Morgan fingerprint density at radius 1 is 1.24 bits per heavy atom. The van der Waals surface area contributed by atoms with E-state index in [9.17, 15) is 14.5 Å². The Morgan fingerprint density at radius 2 is 1.93 bits per heavy atom. The number of nitrogens with zero attached hydrogens (tertiary/aromatic N) is 3. The summed E-state index contributed by atoms with van der Waals surface area (Å²) < 4.78 is 59.5. The number of nitrogen functional groups attached to an aromatic ring is 1. The van der Waals surface area contributed by atoms with Crippen molar-refractivity contribution < 1.29 is 43.5 Å². The van der Waals surface area contributed by atoms with Gasteiger partial charge < -0.3 is 34.1 Å². The average Bonchev–Trinajstić information content (AvgIpc) is 3.54. The van der Waals surface area contributed by atoms with Gasteiger partial charge in [-0.3, -0.25) is 9.32 Å². The monoisotopic (exact) mass is 655 g/mol. The van der Waals surface area contributed by atoms with E-state index < -0.39 is 50.5 Å². The van der Waals surface area contributed by atoms with E-state index >= 15 is 4.39 Å². The maximum atomic E-state index is 16.2. The van der Waals surface area contributed by atoms with Crippen LogP contribution < -0.4 is 20.1 Å². The number of aliphatic hydroxyl groups is 1. The number of fused-ring (bicyclic) bond motifs is 1. The van der Waals surface area contributed by atoms with Crippen molar-refractivity contribution in [2.45, 2.75) is 43.5 Å². The summed E-state index contributed by atoms with van der Waals surface area (Å²) in [7, 11) is -1.78. The van der Waals surface area contributed by atoms with Crippen LogP contribution in [-0.4, -0.2) is 70.4 Å². The zero-order valence-electron chi connectivity index (χ0n) is 25.2. The lowest BCUT2D eigenvalue weighted by molar-refractivity contribution is -0.142. The Balaban J connectivity index is 0.00000500. The van der Waals surface area contributed by atoms with Crippen LogP contribution in [0.15, 0.2) is 67.1 Å². The SMILES string of the molecule is C#Cc1cn([C@@H]2O[C@H](COP(=O)(NC(Cc3ccccc3)C(=O)OC)Oc3ccc(OC)cc3)[C@@H](O)[C@@]2(C)F)c2ncnc(N)c12.[HH]. The number of carbonyl (C=O) groups is 1. The Hall–Kier alpha value is -4.51. The fourth-order valence-electron chi connectivity index (χ4n) is 5.15. The molecule has 6 atom stereocenters. The molecule has 15 heteroatoms. The highest BCUT2D eigenvalue weighted by Gasteiger charge is 2.56. The van der Waals surface area contributed by atoms with Gasteiger partial charge in [-0.1, -0.05) is 36.3 Å². The zero-order chi connectivity index (χ0) is 33.1. The predicted molar refractivity (Wildman–Crippen MR) is 168 cm³/mol. The first-order chi connectivity index (χ1) is 22.0. The standard InChI is InChI=1S/C31H33FN5O8P.H2/c1-5-20-16-37(28-25(20)27(33)34-18-35-28)30-31(2,32)26(38)24(44-30)17-43-46(40,45-22-13-11-21(41-3)12-14-22)36-23(29(39)42-4)15-19-9-7-6-8-10-19;/h1,6-14,16,18,23-24,26,30,38H,15,17H2,2-4H3,(H,36,40)(H2,33,34,35);1H/t23?,24-,26-,30-,31-,46?;/m1./s1. The Kier molecular flexibility index (Phi) is 9.62. The molecule has 0 aliphatic carbocycles. The van der Waals surface area contributed by atoms with Gasteiger partial charge in [0.15, 0.2) is 11.9 Å². The summed E-state index contributed by atoms with van der Waals surface area (Å²) in [6, 6.07) is 13.9. The highest BCUT2D eigenvalue weighted by molar-refractivity contribution is 7.52. The second kappa shape index (κ2) is 13.5. The number of benzene rings is 2. The lowest BCUT2D eigenvalue weighted by Crippen LogP contribution is -2.42. The number of hydrogen-bond acceptors (Lipinski definition) is 11. The van der Waals surface area contributed by atoms with E-state index in [-0.39, 0.29) is 25.1 Å². The molecular formula is C31H35FN5O8P. The molecular weight excluding hydrogens is 620 g/mol. The Morgan fingerprint density at radius 3 is 2.59 bits per heavy atom. The first-order valence-electron chi connectivity index (χ1n) is 14.1. The Labute approximate surface area is 265 Å². The molecule has 0 spiro atoms. The van der Waals surface area contributed by atoms with Gasteiger partial charge in [0.05, 0.1) is 31.8 Å². The van der Waals surface area contributed by atoms with Crippen LogP contribution >= 0.6 is 7.75 Å². The van der Waals surface area contributed by atoms with Crippen molar-refractivity contribution in [2.75, 3.05) is 26.6 Å². The molecule has 13 nitrogen and oxygen atoms in total. The number of ether oxygens (including phenoxy) is 3. The minimum Gasteiger partial charge on any atom is -0.497 e. The van der Waals surface area contributed by atoms with Crippen molar-refractivity contribution in [1.82, 2.24) is 19.6 Å². The quantitative estimate of drug-likeness (QED) is 0.115. The van der Waals surface area contributed by atoms with Gasteiger partial charge in [-0.2, -0.15) is 5.09 Å². The summed E-state index contributed by atoms with van der Waals surface area (Å²) in [6.45, 7) is 0.530. The molecule has 4 N–H and O–H groups in total. The fourth-order valence-corrected chi connectivity index (χ4v) is 6.65. The molecule has 2 unspecified atom stereocenters. The van der Waals surface area contributed by atoms with E-state index in [2.05, 4.69) is 21.0 Å². The Bertz CT molecular complexity index is 1790. The third-order valence-corrected chi connectivity index (χ3v) is 9.11. The van der Waals surface area contributed by atoms with Crippen molar-refractivity contribution in [1.29, 1.82) is 0 Å². The van der Waals surface area contributed by atoms with E-state index in [0.29, 0.717) is 16.7 Å². The number of methoxy groups -OCH3 is 2. The van der Waals surface area contributed by atoms with Crippen molar-refractivity contribution >= 4 is 30.6 Å². The van der Waals surface area contributed by atoms with Gasteiger partial charge in [-0.05, 0) is 43.2 Å². The van der Waals surface area contributed by atoms with Gasteiger partial charge >= 0.3 is 13.7 Å². The highest BCUT2D eigenvalue weighted by Crippen LogP contribution is 2.48. The smallest absolute Gasteiger partial charge is 0.459 e. The van der Waals surface area contributed by atoms with Crippen molar-refractivity contribution in [2.24, 2.45) is 0 Å². The van der Waals surface area contributed by atoms with Crippen LogP contribution in [0.2, 0.25) is 0 Å². The molecule has 1 aliphatic heterocycles. The number of aromatic nitrogens is 3. The number of carbonyl (C=O) groups excluding carboxylic acids is 1. The number of nitrogens with one attached hydrogen (secondary N) is 1. The second-order valence-corrected chi connectivity index (χ2v) is 12.3. The minimum atomic E-state index is -4.46. The van der Waals surface area contributed by atoms with Crippen molar-refractivity contribution in [3.63, 3.8) is 0 Å². The van der Waals surface area contributed by atoms with E-state index in [1.807, 2.05) is 6.07 Å². The van der Waals surface area contributed by atoms with Crippen LogP contribution in [0.1, 0.15) is 25.7 Å². The number of terminal acetylenes is 1. The third-order valence-electron chi connectivity index (χ3n) is 7.54. The summed E-state index contributed by atoms with van der Waals surface area (Å²) in [5.74, 6) is 2.46. The van der Waals surface area contributed by atoms with Gasteiger partial charge in [0.2, 0.25) is 0 Å². The predicted octanol–water partition coefficient (Wildman–Crippen LogP) is 3.81. The number of anilines is 1. The summed E-state index contributed by atoms with van der Waals surface area (Å²) in [5, 5.41) is 14.0. The lowest BCUT2D eigenvalue weighted by Gasteiger charge is -2.26. The van der Waals surface area contributed by atoms with Gasteiger partial charge in [0.25, 0.3) is 0 Å². The molecule has 2 aromatic carbocycles. The van der Waals surface area contributed by atoms with E-state index in [1.54, 1.807) is 36.4 Å². The molecule has 0 radical (unpaired) electrons. The molecule has 2 aromatic heterocycles. The number of nitrogens with two attached hydrogens (primary N) is 1. The molecule has 5 rings (SSSR count). The number of aliphatic hydroxyl groups excluding tert-OH is 1. The second-order valence-electron chi connectivity index (χ2n) is 10.6. The number of halogens is 1. The maximum Gasteiger partial charge on any atom is 0.459 e.